The van der Waals surface area contributed by atoms with Crippen LogP contribution in [0.25, 0.3) is 15.7 Å². The maximum Gasteiger partial charge on any atom is 0.247 e. The lowest BCUT2D eigenvalue weighted by Crippen LogP contribution is -2.33. The Bertz CT molecular complexity index is 985. The van der Waals surface area contributed by atoms with Gasteiger partial charge in [0.25, 0.3) is 0 Å². The number of nitrogens with two attached hydrogens (primary N) is 1. The van der Waals surface area contributed by atoms with E-state index in [0.29, 0.717) is 30.2 Å². The van der Waals surface area contributed by atoms with Gasteiger partial charge in [0.2, 0.25) is 17.0 Å². The smallest absolute Gasteiger partial charge is 0.247 e. The second kappa shape index (κ2) is 10.0. The van der Waals surface area contributed by atoms with Crippen LogP contribution in [0.2, 0.25) is 0 Å². The number of hydrogen-bond acceptors (Lipinski definition) is 10. The fourth-order valence-corrected chi connectivity index (χ4v) is 4.28. The lowest BCUT2D eigenvalue weighted by Gasteiger charge is -2.24. The number of nitrogens with zero attached hydrogens (tertiary/aromatic N) is 6. The van der Waals surface area contributed by atoms with Gasteiger partial charge in [-0.05, 0) is 38.3 Å². The number of rotatable bonds is 9. The molecule has 1 saturated heterocycles. The standard InChI is InChI=1S/C20H28N8O2S/c1-14(22-9-12-29)13-30-16-8-4-3-7-15(16)17-24-25-20(31-17)28-18(21)23-19(26-28)27-10-5-2-6-11-27/h3-4,7-8,14,22,29H,2,5-6,9-13H2,1H3,(H2,21,23,26). The fraction of sp³-hybridized carbons (Fsp3) is 0.500. The highest BCUT2D eigenvalue weighted by Gasteiger charge is 2.20. The summed E-state index contributed by atoms with van der Waals surface area (Å²) < 4.78 is 7.55. The Morgan fingerprint density at radius 3 is 2.84 bits per heavy atom. The van der Waals surface area contributed by atoms with Crippen LogP contribution in [-0.2, 0) is 0 Å². The summed E-state index contributed by atoms with van der Waals surface area (Å²) >= 11 is 1.39. The number of nitrogens with one attached hydrogen (secondary N) is 1. The number of aromatic nitrogens is 5. The van der Waals surface area contributed by atoms with Crippen molar-refractivity contribution >= 4 is 23.2 Å². The molecule has 2 aromatic heterocycles. The molecule has 11 heteroatoms. The van der Waals surface area contributed by atoms with E-state index in [1.807, 2.05) is 31.2 Å². The number of benzene rings is 1. The van der Waals surface area contributed by atoms with Gasteiger partial charge in [-0.15, -0.1) is 15.3 Å². The second-order valence-corrected chi connectivity index (χ2v) is 8.46. The Morgan fingerprint density at radius 1 is 1.23 bits per heavy atom. The molecule has 0 spiro atoms. The lowest BCUT2D eigenvalue weighted by molar-refractivity contribution is 0.248. The van der Waals surface area contributed by atoms with Crippen molar-refractivity contribution in [1.82, 2.24) is 30.3 Å². The van der Waals surface area contributed by atoms with E-state index in [-0.39, 0.29) is 12.6 Å². The first-order valence-electron chi connectivity index (χ1n) is 10.5. The van der Waals surface area contributed by atoms with Crippen molar-refractivity contribution in [2.75, 3.05) is 43.5 Å². The van der Waals surface area contributed by atoms with E-state index in [0.717, 1.165) is 42.3 Å². The number of para-hydroxylation sites is 1. The zero-order chi connectivity index (χ0) is 21.6. The second-order valence-electron chi connectivity index (χ2n) is 7.51. The molecule has 10 nitrogen and oxygen atoms in total. The highest BCUT2D eigenvalue weighted by Crippen LogP contribution is 2.33. The highest BCUT2D eigenvalue weighted by molar-refractivity contribution is 7.17. The fourth-order valence-electron chi connectivity index (χ4n) is 3.45. The number of anilines is 2. The van der Waals surface area contributed by atoms with E-state index in [2.05, 4.69) is 30.5 Å². The molecule has 166 valence electrons. The monoisotopic (exact) mass is 444 g/mol. The number of ether oxygens (including phenoxy) is 1. The summed E-state index contributed by atoms with van der Waals surface area (Å²) in [5.74, 6) is 1.67. The maximum absolute atomic E-state index is 8.94. The Balaban J connectivity index is 1.51. The van der Waals surface area contributed by atoms with Crippen molar-refractivity contribution in [2.24, 2.45) is 0 Å². The lowest BCUT2D eigenvalue weighted by atomic mass is 10.1. The Labute approximate surface area is 185 Å². The number of aliphatic hydroxyl groups is 1. The van der Waals surface area contributed by atoms with E-state index < -0.39 is 0 Å². The molecule has 1 aliphatic heterocycles. The van der Waals surface area contributed by atoms with E-state index in [1.54, 1.807) is 4.68 Å². The van der Waals surface area contributed by atoms with Crippen LogP contribution in [0.1, 0.15) is 26.2 Å². The van der Waals surface area contributed by atoms with Crippen molar-refractivity contribution in [3.05, 3.63) is 24.3 Å². The van der Waals surface area contributed by atoms with Crippen molar-refractivity contribution in [3.8, 4) is 21.5 Å². The predicted molar refractivity (Wildman–Crippen MR) is 121 cm³/mol. The van der Waals surface area contributed by atoms with Crippen LogP contribution in [0.4, 0.5) is 11.9 Å². The van der Waals surface area contributed by atoms with Gasteiger partial charge in [0.15, 0.2) is 5.01 Å². The van der Waals surface area contributed by atoms with Gasteiger partial charge in [0.05, 0.1) is 12.2 Å². The van der Waals surface area contributed by atoms with Gasteiger partial charge in [-0.3, -0.25) is 0 Å². The number of piperidine rings is 1. The first-order valence-corrected chi connectivity index (χ1v) is 11.3. The Kier molecular flexibility index (Phi) is 6.95. The molecule has 0 radical (unpaired) electrons. The molecular weight excluding hydrogens is 416 g/mol. The van der Waals surface area contributed by atoms with Crippen LogP contribution >= 0.6 is 11.3 Å². The van der Waals surface area contributed by atoms with Gasteiger partial charge in [-0.2, -0.15) is 9.67 Å². The minimum absolute atomic E-state index is 0.0966. The molecular formula is C20H28N8O2S. The SMILES string of the molecule is CC(COc1ccccc1-c1nnc(-n2nc(N3CCCCC3)nc2N)s1)NCCO. The summed E-state index contributed by atoms with van der Waals surface area (Å²) in [4.78, 5) is 6.59. The topological polar surface area (TPSA) is 127 Å². The summed E-state index contributed by atoms with van der Waals surface area (Å²) in [6.07, 6.45) is 3.52. The third-order valence-electron chi connectivity index (χ3n) is 5.07. The van der Waals surface area contributed by atoms with Gasteiger partial charge < -0.3 is 25.8 Å². The minimum Gasteiger partial charge on any atom is -0.491 e. The Hall–Kier alpha value is -2.76. The molecule has 4 rings (SSSR count). The van der Waals surface area contributed by atoms with Crippen LogP contribution in [0.3, 0.4) is 0 Å². The molecule has 0 aliphatic carbocycles. The van der Waals surface area contributed by atoms with Crippen molar-refractivity contribution in [3.63, 3.8) is 0 Å². The largest absolute Gasteiger partial charge is 0.491 e. The number of hydrogen-bond donors (Lipinski definition) is 3. The van der Waals surface area contributed by atoms with Crippen LogP contribution in [0, 0.1) is 0 Å². The summed E-state index contributed by atoms with van der Waals surface area (Å²) in [6, 6.07) is 7.83. The average molecular weight is 445 g/mol. The molecule has 3 heterocycles. The summed E-state index contributed by atoms with van der Waals surface area (Å²) in [5.41, 5.74) is 6.99. The third-order valence-corrected chi connectivity index (χ3v) is 6.00. The molecule has 1 aliphatic rings. The molecule has 1 unspecified atom stereocenters. The van der Waals surface area contributed by atoms with E-state index in [9.17, 15) is 0 Å². The van der Waals surface area contributed by atoms with E-state index in [1.165, 1.54) is 17.8 Å². The molecule has 0 bridgehead atoms. The quantitative estimate of drug-likeness (QED) is 0.452. The van der Waals surface area contributed by atoms with Crippen LogP contribution in [-0.4, -0.2) is 69.0 Å². The number of nitrogen functional groups attached to an aromatic ring is 1. The maximum atomic E-state index is 8.94. The molecule has 3 aromatic rings. The molecule has 4 N–H and O–H groups in total. The van der Waals surface area contributed by atoms with E-state index in [4.69, 9.17) is 15.6 Å². The molecule has 1 atom stereocenters. The zero-order valence-corrected chi connectivity index (χ0v) is 18.4. The summed E-state index contributed by atoms with van der Waals surface area (Å²) in [6.45, 7) is 5.00. The zero-order valence-electron chi connectivity index (χ0n) is 17.6. The average Bonchev–Trinajstić information content (AvgIpc) is 3.44. The first kappa shape index (κ1) is 21.5. The molecule has 31 heavy (non-hydrogen) atoms. The summed E-state index contributed by atoms with van der Waals surface area (Å²) in [5, 5.41) is 26.6. The van der Waals surface area contributed by atoms with Crippen molar-refractivity contribution in [1.29, 1.82) is 0 Å². The third kappa shape index (κ3) is 5.12. The Morgan fingerprint density at radius 2 is 2.03 bits per heavy atom. The van der Waals surface area contributed by atoms with Crippen LogP contribution in [0.15, 0.2) is 24.3 Å². The minimum atomic E-state index is 0.0966. The van der Waals surface area contributed by atoms with E-state index >= 15 is 0 Å². The molecule has 1 fully saturated rings. The van der Waals surface area contributed by atoms with Crippen molar-refractivity contribution in [2.45, 2.75) is 32.2 Å². The molecule has 0 amide bonds. The van der Waals surface area contributed by atoms with Gasteiger partial charge >= 0.3 is 0 Å². The molecule has 1 aromatic carbocycles. The normalized spacial score (nSPS) is 15.2. The van der Waals surface area contributed by atoms with Gasteiger partial charge in [0, 0.05) is 25.7 Å². The first-order chi connectivity index (χ1) is 15.2. The van der Waals surface area contributed by atoms with Crippen LogP contribution < -0.4 is 20.7 Å². The predicted octanol–water partition coefficient (Wildman–Crippen LogP) is 1.71. The van der Waals surface area contributed by atoms with Crippen molar-refractivity contribution < 1.29 is 9.84 Å². The summed E-state index contributed by atoms with van der Waals surface area (Å²) in [7, 11) is 0. The van der Waals surface area contributed by atoms with Gasteiger partial charge in [-0.25, -0.2) is 0 Å². The number of aliphatic hydroxyl groups excluding tert-OH is 1. The van der Waals surface area contributed by atoms with Gasteiger partial charge in [-0.1, -0.05) is 23.5 Å². The van der Waals surface area contributed by atoms with Gasteiger partial charge in [0.1, 0.15) is 12.4 Å². The molecule has 0 saturated carbocycles. The van der Waals surface area contributed by atoms with Crippen LogP contribution in [0.5, 0.6) is 5.75 Å². The highest BCUT2D eigenvalue weighted by atomic mass is 32.1.